The van der Waals surface area contributed by atoms with Crippen LogP contribution in [0.15, 0.2) is 40.8 Å². The summed E-state index contributed by atoms with van der Waals surface area (Å²) in [6.07, 6.45) is 0.759. The van der Waals surface area contributed by atoms with Crippen molar-refractivity contribution >= 4 is 17.4 Å². The van der Waals surface area contributed by atoms with Crippen molar-refractivity contribution < 1.29 is 14.0 Å². The molecule has 0 fully saturated rings. The Morgan fingerprint density at radius 1 is 1.11 bits per heavy atom. The van der Waals surface area contributed by atoms with Gasteiger partial charge in [0.25, 0.3) is 0 Å². The molecule has 2 rings (SSSR count). The number of aryl methyl sites for hydroxylation is 1. The molecule has 0 unspecified atom stereocenters. The number of anilines is 1. The lowest BCUT2D eigenvalue weighted by Gasteiger charge is -2.03. The highest BCUT2D eigenvalue weighted by molar-refractivity contribution is 6.07. The van der Waals surface area contributed by atoms with Gasteiger partial charge in [0, 0.05) is 24.6 Å². The van der Waals surface area contributed by atoms with Gasteiger partial charge < -0.3 is 9.73 Å². The molecule has 0 spiro atoms. The predicted molar refractivity (Wildman–Crippen MR) is 72.3 cm³/mol. The fourth-order valence-corrected chi connectivity index (χ4v) is 1.74. The standard InChI is InChI=1S/C15H15NO3/c1-3-13-8-9-14(19-13)15(18)11-4-6-12(7-5-11)16-10(2)17/h4-9H,3H2,1-2H3,(H,16,17). The lowest BCUT2D eigenvalue weighted by atomic mass is 10.1. The molecule has 1 N–H and O–H groups in total. The molecule has 0 bridgehead atoms. The zero-order valence-corrected chi connectivity index (χ0v) is 10.9. The lowest BCUT2D eigenvalue weighted by Crippen LogP contribution is -2.06. The first-order valence-corrected chi connectivity index (χ1v) is 6.11. The Balaban J connectivity index is 2.17. The van der Waals surface area contributed by atoms with Gasteiger partial charge in [0.1, 0.15) is 5.76 Å². The largest absolute Gasteiger partial charge is 0.458 e. The lowest BCUT2D eigenvalue weighted by molar-refractivity contribution is -0.114. The Morgan fingerprint density at radius 2 is 1.79 bits per heavy atom. The SMILES string of the molecule is CCc1ccc(C(=O)c2ccc(NC(C)=O)cc2)o1. The van der Waals surface area contributed by atoms with E-state index in [1.165, 1.54) is 6.92 Å². The maximum absolute atomic E-state index is 12.1. The first kappa shape index (κ1) is 13.1. The van der Waals surface area contributed by atoms with Crippen molar-refractivity contribution in [2.45, 2.75) is 20.3 Å². The minimum Gasteiger partial charge on any atom is -0.458 e. The van der Waals surface area contributed by atoms with E-state index < -0.39 is 0 Å². The number of hydrogen-bond donors (Lipinski definition) is 1. The smallest absolute Gasteiger partial charge is 0.228 e. The molecular weight excluding hydrogens is 242 g/mol. The summed E-state index contributed by atoms with van der Waals surface area (Å²) in [6.45, 7) is 3.41. The summed E-state index contributed by atoms with van der Waals surface area (Å²) < 4.78 is 5.42. The van der Waals surface area contributed by atoms with Gasteiger partial charge in [-0.3, -0.25) is 9.59 Å². The van der Waals surface area contributed by atoms with Crippen molar-refractivity contribution in [2.75, 3.05) is 5.32 Å². The van der Waals surface area contributed by atoms with Crippen LogP contribution in [0.25, 0.3) is 0 Å². The summed E-state index contributed by atoms with van der Waals surface area (Å²) in [5.41, 5.74) is 1.20. The molecule has 0 atom stereocenters. The van der Waals surface area contributed by atoms with Crippen LogP contribution in [-0.4, -0.2) is 11.7 Å². The van der Waals surface area contributed by atoms with Crippen molar-refractivity contribution in [2.24, 2.45) is 0 Å². The molecule has 1 aromatic heterocycles. The van der Waals surface area contributed by atoms with Crippen LogP contribution in [0.5, 0.6) is 0 Å². The number of furan rings is 1. The Morgan fingerprint density at radius 3 is 2.32 bits per heavy atom. The number of carbonyl (C=O) groups excluding carboxylic acids is 2. The molecule has 1 heterocycles. The Bertz CT molecular complexity index is 596. The third-order valence-corrected chi connectivity index (χ3v) is 2.70. The zero-order chi connectivity index (χ0) is 13.8. The van der Waals surface area contributed by atoms with Crippen LogP contribution in [0.1, 0.15) is 35.7 Å². The Labute approximate surface area is 111 Å². The monoisotopic (exact) mass is 257 g/mol. The first-order valence-electron chi connectivity index (χ1n) is 6.11. The molecule has 98 valence electrons. The van der Waals surface area contributed by atoms with Gasteiger partial charge in [-0.25, -0.2) is 0 Å². The number of ketones is 1. The van der Waals surface area contributed by atoms with Crippen LogP contribution in [0.2, 0.25) is 0 Å². The fourth-order valence-electron chi connectivity index (χ4n) is 1.74. The van der Waals surface area contributed by atoms with E-state index in [0.29, 0.717) is 17.0 Å². The number of amides is 1. The summed E-state index contributed by atoms with van der Waals surface area (Å²) in [5, 5.41) is 2.65. The number of benzene rings is 1. The van der Waals surface area contributed by atoms with Gasteiger partial charge in [-0.15, -0.1) is 0 Å². The van der Waals surface area contributed by atoms with E-state index in [-0.39, 0.29) is 11.7 Å². The maximum Gasteiger partial charge on any atom is 0.228 e. The van der Waals surface area contributed by atoms with Crippen molar-refractivity contribution in [3.8, 4) is 0 Å². The maximum atomic E-state index is 12.1. The van der Waals surface area contributed by atoms with E-state index in [4.69, 9.17) is 4.42 Å². The van der Waals surface area contributed by atoms with Crippen LogP contribution in [-0.2, 0) is 11.2 Å². The van der Waals surface area contributed by atoms with Crippen LogP contribution in [0.3, 0.4) is 0 Å². The van der Waals surface area contributed by atoms with Crippen LogP contribution in [0.4, 0.5) is 5.69 Å². The zero-order valence-electron chi connectivity index (χ0n) is 10.9. The molecule has 0 radical (unpaired) electrons. The second-order valence-electron chi connectivity index (χ2n) is 4.21. The quantitative estimate of drug-likeness (QED) is 0.856. The van der Waals surface area contributed by atoms with Crippen LogP contribution < -0.4 is 5.32 Å². The molecule has 0 aliphatic rings. The van der Waals surface area contributed by atoms with Crippen molar-refractivity contribution in [1.29, 1.82) is 0 Å². The van der Waals surface area contributed by atoms with E-state index >= 15 is 0 Å². The highest BCUT2D eigenvalue weighted by atomic mass is 16.3. The minimum atomic E-state index is -0.158. The summed E-state index contributed by atoms with van der Waals surface area (Å²) >= 11 is 0. The molecular formula is C15H15NO3. The minimum absolute atomic E-state index is 0.141. The number of nitrogens with one attached hydrogen (secondary N) is 1. The highest BCUT2D eigenvalue weighted by Crippen LogP contribution is 2.16. The first-order chi connectivity index (χ1) is 9.10. The van der Waals surface area contributed by atoms with Gasteiger partial charge in [0.15, 0.2) is 5.76 Å². The molecule has 0 aliphatic heterocycles. The predicted octanol–water partition coefficient (Wildman–Crippen LogP) is 3.03. The third-order valence-electron chi connectivity index (χ3n) is 2.70. The average molecular weight is 257 g/mol. The molecule has 19 heavy (non-hydrogen) atoms. The van der Waals surface area contributed by atoms with Gasteiger partial charge in [-0.05, 0) is 36.4 Å². The van der Waals surface area contributed by atoms with Gasteiger partial charge in [-0.1, -0.05) is 6.92 Å². The van der Waals surface area contributed by atoms with Gasteiger partial charge >= 0.3 is 0 Å². The van der Waals surface area contributed by atoms with E-state index in [2.05, 4.69) is 5.32 Å². The van der Waals surface area contributed by atoms with Crippen molar-refractivity contribution in [1.82, 2.24) is 0 Å². The van der Waals surface area contributed by atoms with Gasteiger partial charge in [-0.2, -0.15) is 0 Å². The number of hydrogen-bond acceptors (Lipinski definition) is 3. The molecule has 4 nitrogen and oxygen atoms in total. The fraction of sp³-hybridized carbons (Fsp3) is 0.200. The van der Waals surface area contributed by atoms with Crippen molar-refractivity contribution in [3.63, 3.8) is 0 Å². The van der Waals surface area contributed by atoms with E-state index in [1.54, 1.807) is 36.4 Å². The second-order valence-corrected chi connectivity index (χ2v) is 4.21. The molecule has 1 amide bonds. The highest BCUT2D eigenvalue weighted by Gasteiger charge is 2.13. The molecule has 0 aliphatic carbocycles. The summed E-state index contributed by atoms with van der Waals surface area (Å²) in [7, 11) is 0. The topological polar surface area (TPSA) is 59.3 Å². The van der Waals surface area contributed by atoms with Crippen LogP contribution in [0, 0.1) is 0 Å². The van der Waals surface area contributed by atoms with Crippen LogP contribution >= 0.6 is 0 Å². The Kier molecular flexibility index (Phi) is 3.80. The summed E-state index contributed by atoms with van der Waals surface area (Å²) in [4.78, 5) is 23.0. The molecule has 0 saturated heterocycles. The molecule has 2 aromatic rings. The summed E-state index contributed by atoms with van der Waals surface area (Å²) in [5.74, 6) is 0.828. The normalized spacial score (nSPS) is 10.2. The number of carbonyl (C=O) groups is 2. The Hall–Kier alpha value is -2.36. The molecule has 4 heteroatoms. The average Bonchev–Trinajstić information content (AvgIpc) is 2.87. The summed E-state index contributed by atoms with van der Waals surface area (Å²) in [6, 6.07) is 10.2. The van der Waals surface area contributed by atoms with E-state index in [1.807, 2.05) is 6.92 Å². The molecule has 1 aromatic carbocycles. The third kappa shape index (κ3) is 3.10. The molecule has 0 saturated carbocycles. The van der Waals surface area contributed by atoms with Gasteiger partial charge in [0.2, 0.25) is 11.7 Å². The van der Waals surface area contributed by atoms with Gasteiger partial charge in [0.05, 0.1) is 0 Å². The number of rotatable bonds is 4. The van der Waals surface area contributed by atoms with Crippen molar-refractivity contribution in [3.05, 3.63) is 53.5 Å². The van der Waals surface area contributed by atoms with E-state index in [9.17, 15) is 9.59 Å². The second kappa shape index (κ2) is 5.52. The van der Waals surface area contributed by atoms with E-state index in [0.717, 1.165) is 12.2 Å².